The Balaban J connectivity index is 1.49. The van der Waals surface area contributed by atoms with Crippen LogP contribution in [-0.2, 0) is 19.1 Å². The summed E-state index contributed by atoms with van der Waals surface area (Å²) in [4.78, 5) is 20.7. The highest BCUT2D eigenvalue weighted by Crippen LogP contribution is 2.32. The van der Waals surface area contributed by atoms with Gasteiger partial charge in [0.15, 0.2) is 0 Å². The van der Waals surface area contributed by atoms with Crippen LogP contribution in [0, 0.1) is 0 Å². The minimum absolute atomic E-state index is 0.219. The van der Waals surface area contributed by atoms with Crippen LogP contribution in [0.5, 0.6) is 0 Å². The standard InChI is InChI=1S/C25H18F3N3O/c26-25(27,28)19-5-3-4-16(12-19)17-8-9-23-21(13-17)24(32)31(15-30-23)11-10-18-14-29-22-7-2-1-6-20(18)22/h1-9,12-15,29H,10-11H2. The lowest BCUT2D eigenvalue weighted by Crippen LogP contribution is -2.21. The Hall–Kier alpha value is -3.87. The summed E-state index contributed by atoms with van der Waals surface area (Å²) in [5, 5.41) is 1.49. The van der Waals surface area contributed by atoms with Crippen molar-refractivity contribution in [2.24, 2.45) is 0 Å². The van der Waals surface area contributed by atoms with Crippen molar-refractivity contribution in [2.45, 2.75) is 19.1 Å². The number of H-pyrrole nitrogens is 1. The Morgan fingerprint density at radius 3 is 2.56 bits per heavy atom. The van der Waals surface area contributed by atoms with Gasteiger partial charge < -0.3 is 4.98 Å². The smallest absolute Gasteiger partial charge is 0.361 e. The van der Waals surface area contributed by atoms with Gasteiger partial charge in [0.05, 0.1) is 22.8 Å². The molecular formula is C25H18F3N3O. The molecule has 2 aromatic heterocycles. The van der Waals surface area contributed by atoms with Crippen molar-refractivity contribution in [2.75, 3.05) is 0 Å². The predicted molar refractivity (Wildman–Crippen MR) is 118 cm³/mol. The van der Waals surface area contributed by atoms with E-state index in [9.17, 15) is 18.0 Å². The van der Waals surface area contributed by atoms with Gasteiger partial charge >= 0.3 is 6.18 Å². The Bertz CT molecular complexity index is 1500. The Morgan fingerprint density at radius 2 is 1.72 bits per heavy atom. The molecule has 3 aromatic carbocycles. The van der Waals surface area contributed by atoms with Gasteiger partial charge in [0.2, 0.25) is 0 Å². The van der Waals surface area contributed by atoms with Crippen LogP contribution in [0.1, 0.15) is 11.1 Å². The predicted octanol–water partition coefficient (Wildman–Crippen LogP) is 5.81. The molecule has 5 aromatic rings. The van der Waals surface area contributed by atoms with Crippen molar-refractivity contribution < 1.29 is 13.2 Å². The van der Waals surface area contributed by atoms with Gasteiger partial charge in [-0.2, -0.15) is 13.2 Å². The van der Waals surface area contributed by atoms with Crippen LogP contribution in [0.4, 0.5) is 13.2 Å². The van der Waals surface area contributed by atoms with Crippen molar-refractivity contribution in [1.82, 2.24) is 14.5 Å². The highest BCUT2D eigenvalue weighted by atomic mass is 19.4. The molecule has 0 fully saturated rings. The van der Waals surface area contributed by atoms with Gasteiger partial charge in [0.1, 0.15) is 0 Å². The zero-order valence-electron chi connectivity index (χ0n) is 16.9. The third-order valence-corrected chi connectivity index (χ3v) is 5.64. The highest BCUT2D eigenvalue weighted by Gasteiger charge is 2.30. The molecule has 5 rings (SSSR count). The van der Waals surface area contributed by atoms with Crippen LogP contribution in [0.2, 0.25) is 0 Å². The number of nitrogens with zero attached hydrogens (tertiary/aromatic N) is 2. The van der Waals surface area contributed by atoms with Gasteiger partial charge in [-0.25, -0.2) is 4.98 Å². The molecule has 0 aliphatic rings. The summed E-state index contributed by atoms with van der Waals surface area (Å²) in [6, 6.07) is 18.0. The molecule has 0 saturated heterocycles. The summed E-state index contributed by atoms with van der Waals surface area (Å²) >= 11 is 0. The number of halogens is 3. The average molecular weight is 433 g/mol. The van der Waals surface area contributed by atoms with Crippen molar-refractivity contribution in [3.8, 4) is 11.1 Å². The van der Waals surface area contributed by atoms with Gasteiger partial charge in [-0.05, 0) is 53.4 Å². The fourth-order valence-electron chi connectivity index (χ4n) is 3.95. The molecule has 7 heteroatoms. The number of para-hydroxylation sites is 1. The monoisotopic (exact) mass is 433 g/mol. The van der Waals surface area contributed by atoms with E-state index in [-0.39, 0.29) is 5.56 Å². The fraction of sp³-hybridized carbons (Fsp3) is 0.120. The molecule has 0 amide bonds. The molecule has 32 heavy (non-hydrogen) atoms. The number of aromatic nitrogens is 3. The third kappa shape index (κ3) is 3.66. The number of benzene rings is 3. The van der Waals surface area contributed by atoms with Crippen LogP contribution in [0.3, 0.4) is 0 Å². The number of nitrogens with one attached hydrogen (secondary N) is 1. The van der Waals surface area contributed by atoms with E-state index < -0.39 is 11.7 Å². The number of hydrogen-bond donors (Lipinski definition) is 1. The molecule has 0 radical (unpaired) electrons. The lowest BCUT2D eigenvalue weighted by Gasteiger charge is -2.10. The second-order valence-electron chi connectivity index (χ2n) is 7.66. The lowest BCUT2D eigenvalue weighted by atomic mass is 10.0. The first-order chi connectivity index (χ1) is 15.4. The van der Waals surface area contributed by atoms with Crippen LogP contribution < -0.4 is 5.56 Å². The van der Waals surface area contributed by atoms with Crippen molar-refractivity contribution in [1.29, 1.82) is 0 Å². The lowest BCUT2D eigenvalue weighted by molar-refractivity contribution is -0.137. The number of aromatic amines is 1. The molecule has 0 aliphatic carbocycles. The van der Waals surface area contributed by atoms with Gasteiger partial charge in [0, 0.05) is 23.6 Å². The average Bonchev–Trinajstić information content (AvgIpc) is 3.21. The molecule has 2 heterocycles. The van der Waals surface area contributed by atoms with E-state index in [0.29, 0.717) is 35.0 Å². The molecule has 0 bridgehead atoms. The van der Waals surface area contributed by atoms with Gasteiger partial charge in [-0.15, -0.1) is 0 Å². The number of aryl methyl sites for hydroxylation is 2. The maximum Gasteiger partial charge on any atom is 0.416 e. The normalized spacial score (nSPS) is 12.0. The molecule has 0 spiro atoms. The quantitative estimate of drug-likeness (QED) is 0.389. The minimum Gasteiger partial charge on any atom is -0.361 e. The maximum absolute atomic E-state index is 13.1. The highest BCUT2D eigenvalue weighted by molar-refractivity contribution is 5.84. The SMILES string of the molecule is O=c1c2cc(-c3cccc(C(F)(F)F)c3)ccc2ncn1CCc1c[nH]c2ccccc12. The summed E-state index contributed by atoms with van der Waals surface area (Å²) in [5.41, 5.74) is 2.64. The maximum atomic E-state index is 13.1. The molecular weight excluding hydrogens is 415 g/mol. The molecule has 4 nitrogen and oxygen atoms in total. The van der Waals surface area contributed by atoms with Gasteiger partial charge in [-0.3, -0.25) is 9.36 Å². The van der Waals surface area contributed by atoms with Crippen LogP contribution in [0.25, 0.3) is 32.9 Å². The minimum atomic E-state index is -4.43. The summed E-state index contributed by atoms with van der Waals surface area (Å²) < 4.78 is 40.8. The summed E-state index contributed by atoms with van der Waals surface area (Å²) in [5.74, 6) is 0. The van der Waals surface area contributed by atoms with E-state index in [1.165, 1.54) is 12.4 Å². The van der Waals surface area contributed by atoms with E-state index in [1.807, 2.05) is 30.5 Å². The number of hydrogen-bond acceptors (Lipinski definition) is 2. The number of alkyl halides is 3. The molecule has 1 N–H and O–H groups in total. The fourth-order valence-corrected chi connectivity index (χ4v) is 3.95. The molecule has 0 aliphatic heterocycles. The molecule has 0 unspecified atom stereocenters. The second kappa shape index (κ2) is 7.67. The van der Waals surface area contributed by atoms with Crippen molar-refractivity contribution in [3.05, 3.63) is 101 Å². The zero-order chi connectivity index (χ0) is 22.3. The Labute approximate surface area is 181 Å². The van der Waals surface area contributed by atoms with E-state index in [2.05, 4.69) is 9.97 Å². The molecule has 0 saturated carbocycles. The molecule has 160 valence electrons. The van der Waals surface area contributed by atoms with Crippen LogP contribution in [0.15, 0.2) is 84.0 Å². The largest absolute Gasteiger partial charge is 0.416 e. The first-order valence-electron chi connectivity index (χ1n) is 10.1. The summed E-state index contributed by atoms with van der Waals surface area (Å²) in [6.45, 7) is 0.442. The Morgan fingerprint density at radius 1 is 0.906 bits per heavy atom. The van der Waals surface area contributed by atoms with E-state index in [0.717, 1.165) is 28.6 Å². The Kier molecular flexibility index (Phi) is 4.81. The number of fused-ring (bicyclic) bond motifs is 2. The number of rotatable bonds is 4. The van der Waals surface area contributed by atoms with Crippen LogP contribution in [-0.4, -0.2) is 14.5 Å². The summed E-state index contributed by atoms with van der Waals surface area (Å²) in [6.07, 6.45) is -0.326. The first-order valence-corrected chi connectivity index (χ1v) is 10.1. The second-order valence-corrected chi connectivity index (χ2v) is 7.66. The van der Waals surface area contributed by atoms with E-state index in [1.54, 1.807) is 28.8 Å². The summed E-state index contributed by atoms with van der Waals surface area (Å²) in [7, 11) is 0. The van der Waals surface area contributed by atoms with Crippen molar-refractivity contribution in [3.63, 3.8) is 0 Å². The van der Waals surface area contributed by atoms with Crippen LogP contribution >= 0.6 is 0 Å². The van der Waals surface area contributed by atoms with E-state index >= 15 is 0 Å². The topological polar surface area (TPSA) is 50.7 Å². The van der Waals surface area contributed by atoms with E-state index in [4.69, 9.17) is 0 Å². The first kappa shape index (κ1) is 20.1. The van der Waals surface area contributed by atoms with Gasteiger partial charge in [0.25, 0.3) is 5.56 Å². The zero-order valence-corrected chi connectivity index (χ0v) is 16.9. The third-order valence-electron chi connectivity index (χ3n) is 5.64. The van der Waals surface area contributed by atoms with Gasteiger partial charge in [-0.1, -0.05) is 36.4 Å². The molecule has 0 atom stereocenters. The van der Waals surface area contributed by atoms with Crippen molar-refractivity contribution >= 4 is 21.8 Å².